The highest BCUT2D eigenvalue weighted by atomic mass is 16.5. The summed E-state index contributed by atoms with van der Waals surface area (Å²) >= 11 is 0. The quantitative estimate of drug-likeness (QED) is 0.763. The van der Waals surface area contributed by atoms with E-state index in [0.717, 1.165) is 18.5 Å². The maximum absolute atomic E-state index is 11.5. The van der Waals surface area contributed by atoms with Crippen LogP contribution < -0.4 is 10.6 Å². The van der Waals surface area contributed by atoms with Crippen LogP contribution in [-0.2, 0) is 9.53 Å². The molecule has 1 amide bonds. The number of rotatable bonds is 6. The minimum Gasteiger partial charge on any atom is -0.465 e. The van der Waals surface area contributed by atoms with Gasteiger partial charge in [0.05, 0.1) is 12.7 Å². The lowest BCUT2D eigenvalue weighted by atomic mass is 10.2. The minimum absolute atomic E-state index is 0.0844. The van der Waals surface area contributed by atoms with Crippen molar-refractivity contribution in [3.05, 3.63) is 29.8 Å². The number of ether oxygens (including phenoxy) is 1. The highest BCUT2D eigenvalue weighted by molar-refractivity contribution is 5.89. The zero-order valence-electron chi connectivity index (χ0n) is 10.9. The molecule has 102 valence electrons. The summed E-state index contributed by atoms with van der Waals surface area (Å²) in [7, 11) is 1.35. The molecule has 1 saturated carbocycles. The molecule has 0 radical (unpaired) electrons. The number of amides is 1. The van der Waals surface area contributed by atoms with Gasteiger partial charge in [0.2, 0.25) is 5.91 Å². The van der Waals surface area contributed by atoms with Gasteiger partial charge in [-0.2, -0.15) is 0 Å². The second-order valence-electron chi connectivity index (χ2n) is 4.59. The van der Waals surface area contributed by atoms with Crippen LogP contribution in [0.3, 0.4) is 0 Å². The van der Waals surface area contributed by atoms with E-state index in [4.69, 9.17) is 0 Å². The van der Waals surface area contributed by atoms with E-state index in [2.05, 4.69) is 15.4 Å². The summed E-state index contributed by atoms with van der Waals surface area (Å²) in [5.74, 6) is -0.267. The first-order valence-corrected chi connectivity index (χ1v) is 6.40. The highest BCUT2D eigenvalue weighted by Gasteiger charge is 2.22. The molecule has 0 saturated heterocycles. The molecular weight excluding hydrogens is 244 g/mol. The number of esters is 1. The normalized spacial score (nSPS) is 13.7. The average Bonchev–Trinajstić information content (AvgIpc) is 3.22. The Bertz CT molecular complexity index is 452. The van der Waals surface area contributed by atoms with Crippen molar-refractivity contribution < 1.29 is 14.3 Å². The van der Waals surface area contributed by atoms with Crippen LogP contribution in [0.4, 0.5) is 5.69 Å². The third kappa shape index (κ3) is 4.28. The second kappa shape index (κ2) is 6.22. The Labute approximate surface area is 112 Å². The molecule has 0 spiro atoms. The Morgan fingerprint density at radius 1 is 1.26 bits per heavy atom. The molecule has 1 fully saturated rings. The number of hydrogen-bond acceptors (Lipinski definition) is 4. The molecule has 2 rings (SSSR count). The SMILES string of the molecule is COC(=O)c1ccc(NCCC(=O)NC2CC2)cc1. The summed E-state index contributed by atoms with van der Waals surface area (Å²) in [6.45, 7) is 0.579. The molecule has 0 atom stereocenters. The molecule has 0 aliphatic heterocycles. The Kier molecular flexibility index (Phi) is 4.39. The van der Waals surface area contributed by atoms with Crippen molar-refractivity contribution in [3.63, 3.8) is 0 Å². The lowest BCUT2D eigenvalue weighted by molar-refractivity contribution is -0.120. The minimum atomic E-state index is -0.352. The summed E-state index contributed by atoms with van der Waals surface area (Å²) < 4.78 is 4.62. The van der Waals surface area contributed by atoms with E-state index < -0.39 is 0 Å². The summed E-state index contributed by atoms with van der Waals surface area (Å²) in [4.78, 5) is 22.7. The molecule has 2 N–H and O–H groups in total. The van der Waals surface area contributed by atoms with Gasteiger partial charge in [-0.3, -0.25) is 4.79 Å². The lowest BCUT2D eigenvalue weighted by Gasteiger charge is -2.07. The van der Waals surface area contributed by atoms with Gasteiger partial charge >= 0.3 is 5.97 Å². The van der Waals surface area contributed by atoms with Crippen LogP contribution in [0.1, 0.15) is 29.6 Å². The van der Waals surface area contributed by atoms with Gasteiger partial charge in [0, 0.05) is 24.7 Å². The van der Waals surface area contributed by atoms with E-state index in [9.17, 15) is 9.59 Å². The summed E-state index contributed by atoms with van der Waals surface area (Å²) in [6.07, 6.45) is 2.66. The third-order valence-corrected chi connectivity index (χ3v) is 2.93. The number of anilines is 1. The van der Waals surface area contributed by atoms with Crippen molar-refractivity contribution in [2.45, 2.75) is 25.3 Å². The molecule has 1 aromatic rings. The van der Waals surface area contributed by atoms with Crippen LogP contribution in [0.15, 0.2) is 24.3 Å². The maximum Gasteiger partial charge on any atom is 0.337 e. The van der Waals surface area contributed by atoms with Crippen molar-refractivity contribution in [1.29, 1.82) is 0 Å². The average molecular weight is 262 g/mol. The van der Waals surface area contributed by atoms with Gasteiger partial charge in [0.15, 0.2) is 0 Å². The van der Waals surface area contributed by atoms with E-state index in [1.54, 1.807) is 24.3 Å². The second-order valence-corrected chi connectivity index (χ2v) is 4.59. The van der Waals surface area contributed by atoms with Crippen LogP contribution in [0, 0.1) is 0 Å². The highest BCUT2D eigenvalue weighted by Crippen LogP contribution is 2.18. The smallest absolute Gasteiger partial charge is 0.337 e. The van der Waals surface area contributed by atoms with Crippen LogP contribution >= 0.6 is 0 Å². The van der Waals surface area contributed by atoms with Gasteiger partial charge in [-0.1, -0.05) is 0 Å². The molecule has 0 aromatic heterocycles. The van der Waals surface area contributed by atoms with Gasteiger partial charge < -0.3 is 15.4 Å². The standard InChI is InChI=1S/C14H18N2O3/c1-19-14(18)10-2-4-11(5-3-10)15-9-8-13(17)16-12-6-7-12/h2-5,12,15H,6-9H2,1H3,(H,16,17). The first-order valence-electron chi connectivity index (χ1n) is 6.40. The van der Waals surface area contributed by atoms with Crippen LogP contribution in [0.25, 0.3) is 0 Å². The Morgan fingerprint density at radius 2 is 1.95 bits per heavy atom. The van der Waals surface area contributed by atoms with Crippen LogP contribution in [0.5, 0.6) is 0 Å². The van der Waals surface area contributed by atoms with E-state index >= 15 is 0 Å². The predicted octanol–water partition coefficient (Wildman–Crippen LogP) is 1.55. The molecule has 5 nitrogen and oxygen atoms in total. The van der Waals surface area contributed by atoms with E-state index in [-0.39, 0.29) is 11.9 Å². The van der Waals surface area contributed by atoms with E-state index in [1.807, 2.05) is 0 Å². The molecule has 19 heavy (non-hydrogen) atoms. The van der Waals surface area contributed by atoms with E-state index in [0.29, 0.717) is 24.6 Å². The van der Waals surface area contributed by atoms with Crippen molar-refractivity contribution in [2.75, 3.05) is 19.0 Å². The molecule has 0 bridgehead atoms. The molecule has 1 aliphatic carbocycles. The molecule has 5 heteroatoms. The van der Waals surface area contributed by atoms with Crippen molar-refractivity contribution in [1.82, 2.24) is 5.32 Å². The lowest BCUT2D eigenvalue weighted by Crippen LogP contribution is -2.27. The Balaban J connectivity index is 1.73. The topological polar surface area (TPSA) is 67.4 Å². The largest absolute Gasteiger partial charge is 0.465 e. The van der Waals surface area contributed by atoms with Gasteiger partial charge in [0.1, 0.15) is 0 Å². The predicted molar refractivity (Wildman–Crippen MR) is 72.1 cm³/mol. The molecule has 1 aromatic carbocycles. The fourth-order valence-electron chi connectivity index (χ4n) is 1.69. The number of carbonyl (C=O) groups is 2. The van der Waals surface area contributed by atoms with Crippen molar-refractivity contribution >= 4 is 17.6 Å². The fraction of sp³-hybridized carbons (Fsp3) is 0.429. The fourth-order valence-corrected chi connectivity index (χ4v) is 1.69. The van der Waals surface area contributed by atoms with Gasteiger partial charge in [-0.15, -0.1) is 0 Å². The number of benzene rings is 1. The number of methoxy groups -OCH3 is 1. The first-order chi connectivity index (χ1) is 9.19. The number of carbonyl (C=O) groups excluding carboxylic acids is 2. The zero-order chi connectivity index (χ0) is 13.7. The van der Waals surface area contributed by atoms with Crippen LogP contribution in [0.2, 0.25) is 0 Å². The summed E-state index contributed by atoms with van der Waals surface area (Å²) in [6, 6.07) is 7.39. The summed E-state index contributed by atoms with van der Waals surface area (Å²) in [5, 5.41) is 6.07. The molecule has 1 aliphatic rings. The van der Waals surface area contributed by atoms with Gasteiger partial charge in [-0.25, -0.2) is 4.79 Å². The Morgan fingerprint density at radius 3 is 2.53 bits per heavy atom. The maximum atomic E-state index is 11.5. The Hall–Kier alpha value is -2.04. The molecule has 0 heterocycles. The number of nitrogens with one attached hydrogen (secondary N) is 2. The first kappa shape index (κ1) is 13.4. The summed E-state index contributed by atoms with van der Waals surface area (Å²) in [5.41, 5.74) is 1.39. The third-order valence-electron chi connectivity index (χ3n) is 2.93. The van der Waals surface area contributed by atoms with Gasteiger partial charge in [-0.05, 0) is 37.1 Å². The van der Waals surface area contributed by atoms with Gasteiger partial charge in [0.25, 0.3) is 0 Å². The van der Waals surface area contributed by atoms with E-state index in [1.165, 1.54) is 7.11 Å². The van der Waals surface area contributed by atoms with Crippen molar-refractivity contribution in [3.8, 4) is 0 Å². The van der Waals surface area contributed by atoms with Crippen molar-refractivity contribution in [2.24, 2.45) is 0 Å². The zero-order valence-corrected chi connectivity index (χ0v) is 10.9. The monoisotopic (exact) mass is 262 g/mol. The van der Waals surface area contributed by atoms with Crippen LogP contribution in [-0.4, -0.2) is 31.6 Å². The molecular formula is C14H18N2O3. The number of hydrogen-bond donors (Lipinski definition) is 2. The molecule has 0 unspecified atom stereocenters.